The van der Waals surface area contributed by atoms with Crippen LogP contribution in [0.5, 0.6) is 5.88 Å². The van der Waals surface area contributed by atoms with Crippen molar-refractivity contribution < 1.29 is 9.47 Å². The zero-order valence-electron chi connectivity index (χ0n) is 22.4. The van der Waals surface area contributed by atoms with Crippen molar-refractivity contribution in [2.75, 3.05) is 53.0 Å². The van der Waals surface area contributed by atoms with Crippen LogP contribution < -0.4 is 4.74 Å². The van der Waals surface area contributed by atoms with Crippen LogP contribution in [-0.2, 0) is 11.3 Å². The number of nitrogens with zero attached hydrogens (tertiary/aromatic N) is 6. The molecule has 0 bridgehead atoms. The van der Waals surface area contributed by atoms with E-state index < -0.39 is 0 Å². The van der Waals surface area contributed by atoms with Crippen LogP contribution >= 0.6 is 0 Å². The fraction of sp³-hybridized carbons (Fsp3) is 0.387. The molecule has 2 aromatic carbocycles. The molecule has 39 heavy (non-hydrogen) atoms. The Balaban J connectivity index is 1.37. The largest absolute Gasteiger partial charge is 0.475 e. The second kappa shape index (κ2) is 11.5. The zero-order valence-corrected chi connectivity index (χ0v) is 22.4. The molecule has 0 N–H and O–H groups in total. The highest BCUT2D eigenvalue weighted by Gasteiger charge is 2.22. The number of piperidine rings is 1. The summed E-state index contributed by atoms with van der Waals surface area (Å²) in [6.07, 6.45) is 6.12. The summed E-state index contributed by atoms with van der Waals surface area (Å²) in [7, 11) is 2.17. The van der Waals surface area contributed by atoms with Gasteiger partial charge >= 0.3 is 0 Å². The molecule has 4 heterocycles. The fourth-order valence-electron chi connectivity index (χ4n) is 5.63. The molecule has 1 atom stereocenters. The Hall–Kier alpha value is -3.77. The van der Waals surface area contributed by atoms with Gasteiger partial charge in [-0.25, -0.2) is 9.97 Å². The van der Waals surface area contributed by atoms with E-state index in [-0.39, 0.29) is 0 Å². The van der Waals surface area contributed by atoms with Crippen LogP contribution in [0.15, 0.2) is 60.9 Å². The molecule has 6 rings (SSSR count). The fourth-order valence-corrected chi connectivity index (χ4v) is 5.63. The summed E-state index contributed by atoms with van der Waals surface area (Å²) >= 11 is 0. The number of rotatable bonds is 7. The van der Waals surface area contributed by atoms with Gasteiger partial charge in [-0.2, -0.15) is 5.26 Å². The maximum absolute atomic E-state index is 9.33. The lowest BCUT2D eigenvalue weighted by Crippen LogP contribution is -2.35. The van der Waals surface area contributed by atoms with Crippen molar-refractivity contribution in [1.29, 1.82) is 5.26 Å². The minimum atomic E-state index is 0.470. The summed E-state index contributed by atoms with van der Waals surface area (Å²) in [6, 6.07) is 18.5. The third-order valence-corrected chi connectivity index (χ3v) is 7.71. The van der Waals surface area contributed by atoms with Crippen molar-refractivity contribution >= 4 is 5.65 Å². The van der Waals surface area contributed by atoms with E-state index in [0.717, 1.165) is 74.9 Å². The molecule has 4 aromatic rings. The van der Waals surface area contributed by atoms with E-state index in [4.69, 9.17) is 14.5 Å². The van der Waals surface area contributed by atoms with Crippen LogP contribution in [0.2, 0.25) is 0 Å². The number of aromatic nitrogens is 3. The molecule has 0 spiro atoms. The lowest BCUT2D eigenvalue weighted by molar-refractivity contribution is 0.0342. The SMILES string of the molecule is CN1CCCC(COc2nc(-c3ccc(C#N)cc3)c(-c3ccc(CN4CCOCC4)cc3)n3ccnc23)C1. The summed E-state index contributed by atoms with van der Waals surface area (Å²) in [5, 5.41) is 9.33. The summed E-state index contributed by atoms with van der Waals surface area (Å²) in [5.41, 5.74) is 6.35. The van der Waals surface area contributed by atoms with Crippen molar-refractivity contribution in [3.63, 3.8) is 0 Å². The topological polar surface area (TPSA) is 78.9 Å². The predicted octanol–water partition coefficient (Wildman–Crippen LogP) is 4.49. The quantitative estimate of drug-likeness (QED) is 0.354. The Labute approximate surface area is 229 Å². The average molecular weight is 523 g/mol. The van der Waals surface area contributed by atoms with Gasteiger partial charge in [-0.3, -0.25) is 9.30 Å². The van der Waals surface area contributed by atoms with Crippen molar-refractivity contribution in [3.8, 4) is 34.5 Å². The molecule has 0 saturated carbocycles. The van der Waals surface area contributed by atoms with Gasteiger partial charge in [0.1, 0.15) is 0 Å². The van der Waals surface area contributed by atoms with Gasteiger partial charge in [0.15, 0.2) is 0 Å². The van der Waals surface area contributed by atoms with Gasteiger partial charge in [0.05, 0.1) is 42.8 Å². The van der Waals surface area contributed by atoms with Gasteiger partial charge < -0.3 is 14.4 Å². The molecular formula is C31H34N6O2. The molecular weight excluding hydrogens is 488 g/mol. The lowest BCUT2D eigenvalue weighted by atomic mass is 10.00. The Bertz CT molecular complexity index is 1450. The van der Waals surface area contributed by atoms with Crippen LogP contribution in [0.25, 0.3) is 28.2 Å². The van der Waals surface area contributed by atoms with Gasteiger partial charge in [-0.15, -0.1) is 0 Å². The third kappa shape index (κ3) is 5.66. The highest BCUT2D eigenvalue weighted by Crippen LogP contribution is 2.35. The van der Waals surface area contributed by atoms with E-state index in [1.165, 1.54) is 12.0 Å². The Kier molecular flexibility index (Phi) is 7.55. The van der Waals surface area contributed by atoms with Crippen LogP contribution in [0.4, 0.5) is 0 Å². The minimum absolute atomic E-state index is 0.470. The summed E-state index contributed by atoms with van der Waals surface area (Å²) in [6.45, 7) is 7.20. The zero-order chi connectivity index (χ0) is 26.6. The Morgan fingerprint density at radius 2 is 1.79 bits per heavy atom. The van der Waals surface area contributed by atoms with E-state index in [2.05, 4.69) is 56.6 Å². The number of hydrogen-bond acceptors (Lipinski definition) is 7. The smallest absolute Gasteiger partial charge is 0.259 e. The number of ether oxygens (including phenoxy) is 2. The molecule has 2 aromatic heterocycles. The average Bonchev–Trinajstić information content (AvgIpc) is 3.47. The Morgan fingerprint density at radius 1 is 1.03 bits per heavy atom. The maximum Gasteiger partial charge on any atom is 0.259 e. The highest BCUT2D eigenvalue weighted by atomic mass is 16.5. The monoisotopic (exact) mass is 522 g/mol. The minimum Gasteiger partial charge on any atom is -0.475 e. The van der Waals surface area contributed by atoms with Gasteiger partial charge in [0.2, 0.25) is 5.65 Å². The van der Waals surface area contributed by atoms with Crippen molar-refractivity contribution in [3.05, 3.63) is 72.1 Å². The first-order valence-electron chi connectivity index (χ1n) is 13.8. The number of hydrogen-bond donors (Lipinski definition) is 0. The molecule has 0 aliphatic carbocycles. The number of benzene rings is 2. The normalized spacial score (nSPS) is 18.7. The summed E-state index contributed by atoms with van der Waals surface area (Å²) in [5.74, 6) is 1.01. The van der Waals surface area contributed by atoms with E-state index in [9.17, 15) is 5.26 Å². The Morgan fingerprint density at radius 3 is 2.54 bits per heavy atom. The molecule has 1 unspecified atom stereocenters. The highest BCUT2D eigenvalue weighted by molar-refractivity contribution is 5.81. The van der Waals surface area contributed by atoms with E-state index in [1.54, 1.807) is 6.20 Å². The number of likely N-dealkylation sites (tertiary alicyclic amines) is 1. The van der Waals surface area contributed by atoms with E-state index in [0.29, 0.717) is 29.6 Å². The van der Waals surface area contributed by atoms with Gasteiger partial charge in [0.25, 0.3) is 5.88 Å². The van der Waals surface area contributed by atoms with Gasteiger partial charge in [0, 0.05) is 55.6 Å². The molecule has 2 saturated heterocycles. The summed E-state index contributed by atoms with van der Waals surface area (Å²) in [4.78, 5) is 14.5. The predicted molar refractivity (Wildman–Crippen MR) is 150 cm³/mol. The number of imidazole rings is 1. The lowest BCUT2D eigenvalue weighted by Gasteiger charge is -2.29. The molecule has 2 aliphatic rings. The first-order valence-corrected chi connectivity index (χ1v) is 13.8. The van der Waals surface area contributed by atoms with Crippen molar-refractivity contribution in [2.45, 2.75) is 19.4 Å². The van der Waals surface area contributed by atoms with Gasteiger partial charge in [-0.1, -0.05) is 36.4 Å². The maximum atomic E-state index is 9.33. The molecule has 2 aliphatic heterocycles. The number of fused-ring (bicyclic) bond motifs is 1. The first kappa shape index (κ1) is 25.5. The molecule has 2 fully saturated rings. The van der Waals surface area contributed by atoms with E-state index in [1.807, 2.05) is 30.5 Å². The number of nitriles is 1. The second-order valence-electron chi connectivity index (χ2n) is 10.6. The third-order valence-electron chi connectivity index (χ3n) is 7.71. The molecule has 0 radical (unpaired) electrons. The number of morpholine rings is 1. The standard InChI is InChI=1S/C31H34N6O2/c1-35-13-2-3-25(20-35)22-39-31-30-33-12-14-37(30)29(28(34-31)26-8-4-23(19-32)5-9-26)27-10-6-24(7-11-27)21-36-15-17-38-18-16-36/h4-12,14,25H,2-3,13,15-18,20-22H2,1H3. The van der Waals surface area contributed by atoms with Crippen LogP contribution in [0.1, 0.15) is 24.0 Å². The van der Waals surface area contributed by atoms with Crippen LogP contribution in [0.3, 0.4) is 0 Å². The van der Waals surface area contributed by atoms with Crippen LogP contribution in [-0.4, -0.2) is 77.2 Å². The molecule has 8 nitrogen and oxygen atoms in total. The molecule has 200 valence electrons. The van der Waals surface area contributed by atoms with Crippen LogP contribution in [0, 0.1) is 17.2 Å². The summed E-state index contributed by atoms with van der Waals surface area (Å²) < 4.78 is 14.0. The second-order valence-corrected chi connectivity index (χ2v) is 10.6. The van der Waals surface area contributed by atoms with E-state index >= 15 is 0 Å². The molecule has 8 heteroatoms. The van der Waals surface area contributed by atoms with Crippen molar-refractivity contribution in [2.24, 2.45) is 5.92 Å². The van der Waals surface area contributed by atoms with Gasteiger partial charge in [-0.05, 0) is 44.1 Å². The molecule has 0 amide bonds. The first-order chi connectivity index (χ1) is 19.2. The van der Waals surface area contributed by atoms with Crippen molar-refractivity contribution in [1.82, 2.24) is 24.2 Å².